The van der Waals surface area contributed by atoms with Crippen molar-refractivity contribution in [1.82, 2.24) is 4.90 Å². The molecule has 78 valence electrons. The highest BCUT2D eigenvalue weighted by Gasteiger charge is 2.04. The van der Waals surface area contributed by atoms with E-state index in [2.05, 4.69) is 4.90 Å². The van der Waals surface area contributed by atoms with Gasteiger partial charge in [0.15, 0.2) is 12.0 Å². The second-order valence-electron chi connectivity index (χ2n) is 3.15. The quantitative estimate of drug-likeness (QED) is 0.642. The molecule has 4 nitrogen and oxygen atoms in total. The van der Waals surface area contributed by atoms with Crippen LogP contribution in [0.3, 0.4) is 0 Å². The van der Waals surface area contributed by atoms with Crippen molar-refractivity contribution in [2.75, 3.05) is 27.3 Å². The molecular weight excluding hydrogens is 182 g/mol. The molecule has 0 radical (unpaired) electrons. The monoisotopic (exact) mass is 197 g/mol. The molecular formula is C10H15NO3. The molecule has 0 bridgehead atoms. The SMILES string of the molecule is COCCN(C)Cc1ccc(C=O)o1. The van der Waals surface area contributed by atoms with E-state index in [0.717, 1.165) is 12.3 Å². The largest absolute Gasteiger partial charge is 0.457 e. The first kappa shape index (κ1) is 10.9. The summed E-state index contributed by atoms with van der Waals surface area (Å²) in [5.74, 6) is 1.17. The lowest BCUT2D eigenvalue weighted by molar-refractivity contribution is 0.109. The van der Waals surface area contributed by atoms with Crippen LogP contribution in [0.25, 0.3) is 0 Å². The van der Waals surface area contributed by atoms with Crippen LogP contribution < -0.4 is 0 Å². The molecule has 0 spiro atoms. The number of likely N-dealkylation sites (N-methyl/N-ethyl adjacent to an activating group) is 1. The maximum Gasteiger partial charge on any atom is 0.185 e. The van der Waals surface area contributed by atoms with Crippen molar-refractivity contribution in [3.63, 3.8) is 0 Å². The van der Waals surface area contributed by atoms with Gasteiger partial charge in [0.25, 0.3) is 0 Å². The van der Waals surface area contributed by atoms with Gasteiger partial charge >= 0.3 is 0 Å². The minimum Gasteiger partial charge on any atom is -0.457 e. The fourth-order valence-corrected chi connectivity index (χ4v) is 1.14. The number of aldehydes is 1. The van der Waals surface area contributed by atoms with Crippen molar-refractivity contribution >= 4 is 6.29 Å². The normalized spacial score (nSPS) is 10.8. The molecule has 0 amide bonds. The Morgan fingerprint density at radius 1 is 1.57 bits per heavy atom. The Morgan fingerprint density at radius 2 is 2.36 bits per heavy atom. The molecule has 14 heavy (non-hydrogen) atoms. The molecule has 0 atom stereocenters. The highest BCUT2D eigenvalue weighted by molar-refractivity contribution is 5.70. The van der Waals surface area contributed by atoms with E-state index in [1.54, 1.807) is 13.2 Å². The van der Waals surface area contributed by atoms with Gasteiger partial charge in [0.2, 0.25) is 0 Å². The van der Waals surface area contributed by atoms with Crippen molar-refractivity contribution in [3.8, 4) is 0 Å². The van der Waals surface area contributed by atoms with Gasteiger partial charge in [0, 0.05) is 13.7 Å². The van der Waals surface area contributed by atoms with Gasteiger partial charge in [0.05, 0.1) is 13.2 Å². The third-order valence-electron chi connectivity index (χ3n) is 1.90. The molecule has 0 aliphatic heterocycles. The van der Waals surface area contributed by atoms with Crippen LogP contribution in [0.2, 0.25) is 0 Å². The smallest absolute Gasteiger partial charge is 0.185 e. The average molecular weight is 197 g/mol. The van der Waals surface area contributed by atoms with Gasteiger partial charge in [-0.15, -0.1) is 0 Å². The van der Waals surface area contributed by atoms with E-state index in [4.69, 9.17) is 9.15 Å². The molecule has 1 aromatic rings. The summed E-state index contributed by atoms with van der Waals surface area (Å²) in [6, 6.07) is 3.49. The van der Waals surface area contributed by atoms with E-state index >= 15 is 0 Å². The fourth-order valence-electron chi connectivity index (χ4n) is 1.14. The van der Waals surface area contributed by atoms with Gasteiger partial charge in [-0.2, -0.15) is 0 Å². The van der Waals surface area contributed by atoms with Crippen LogP contribution in [0.15, 0.2) is 16.5 Å². The summed E-state index contributed by atoms with van der Waals surface area (Å²) in [5.41, 5.74) is 0. The molecule has 0 saturated heterocycles. The minimum absolute atomic E-state index is 0.375. The molecule has 0 N–H and O–H groups in total. The van der Waals surface area contributed by atoms with Crippen molar-refractivity contribution in [1.29, 1.82) is 0 Å². The fraction of sp³-hybridized carbons (Fsp3) is 0.500. The second-order valence-corrected chi connectivity index (χ2v) is 3.15. The van der Waals surface area contributed by atoms with Crippen LogP contribution in [0.4, 0.5) is 0 Å². The molecule has 1 rings (SSSR count). The molecule has 0 aliphatic rings. The summed E-state index contributed by atoms with van der Waals surface area (Å²) in [7, 11) is 3.65. The third-order valence-corrected chi connectivity index (χ3v) is 1.90. The number of furan rings is 1. The topological polar surface area (TPSA) is 42.7 Å². The summed E-state index contributed by atoms with van der Waals surface area (Å²) in [4.78, 5) is 12.4. The van der Waals surface area contributed by atoms with Crippen molar-refractivity contribution in [3.05, 3.63) is 23.7 Å². The van der Waals surface area contributed by atoms with E-state index in [0.29, 0.717) is 25.2 Å². The van der Waals surface area contributed by atoms with Gasteiger partial charge in [-0.25, -0.2) is 0 Å². The third kappa shape index (κ3) is 3.32. The molecule has 0 aliphatic carbocycles. The Balaban J connectivity index is 2.39. The van der Waals surface area contributed by atoms with Gasteiger partial charge in [-0.1, -0.05) is 0 Å². The van der Waals surface area contributed by atoms with Gasteiger partial charge < -0.3 is 9.15 Å². The van der Waals surface area contributed by atoms with E-state index in [-0.39, 0.29) is 0 Å². The minimum atomic E-state index is 0.375. The van der Waals surface area contributed by atoms with Crippen molar-refractivity contribution < 1.29 is 13.9 Å². The van der Waals surface area contributed by atoms with Crippen molar-refractivity contribution in [2.45, 2.75) is 6.54 Å². The molecule has 0 fully saturated rings. The number of ether oxygens (including phenoxy) is 1. The zero-order chi connectivity index (χ0) is 10.4. The Labute approximate surface area is 83.5 Å². The highest BCUT2D eigenvalue weighted by atomic mass is 16.5. The lowest BCUT2D eigenvalue weighted by Crippen LogP contribution is -2.21. The number of carbonyl (C=O) groups is 1. The van der Waals surface area contributed by atoms with Crippen LogP contribution in [0.5, 0.6) is 0 Å². The zero-order valence-electron chi connectivity index (χ0n) is 8.53. The number of carbonyl (C=O) groups excluding carboxylic acids is 1. The summed E-state index contributed by atoms with van der Waals surface area (Å²) in [5, 5.41) is 0. The van der Waals surface area contributed by atoms with Crippen LogP contribution in [-0.4, -0.2) is 38.5 Å². The zero-order valence-corrected chi connectivity index (χ0v) is 8.53. The van der Waals surface area contributed by atoms with Crippen LogP contribution in [-0.2, 0) is 11.3 Å². The van der Waals surface area contributed by atoms with Gasteiger partial charge in [-0.3, -0.25) is 9.69 Å². The van der Waals surface area contributed by atoms with E-state index in [9.17, 15) is 4.79 Å². The standard InChI is InChI=1S/C10H15NO3/c1-11(5-6-13-2)7-9-3-4-10(8-12)14-9/h3-4,8H,5-7H2,1-2H3. The second kappa shape index (κ2) is 5.57. The lowest BCUT2D eigenvalue weighted by atomic mass is 10.4. The van der Waals surface area contributed by atoms with Gasteiger partial charge in [0.1, 0.15) is 5.76 Å². The predicted octanol–water partition coefficient (Wildman–Crippen LogP) is 1.17. The Kier molecular flexibility index (Phi) is 4.35. The first-order valence-corrected chi connectivity index (χ1v) is 4.47. The molecule has 1 aromatic heterocycles. The van der Waals surface area contributed by atoms with E-state index in [1.807, 2.05) is 13.1 Å². The molecule has 4 heteroatoms. The molecule has 0 saturated carbocycles. The highest BCUT2D eigenvalue weighted by Crippen LogP contribution is 2.07. The van der Waals surface area contributed by atoms with Crippen LogP contribution in [0, 0.1) is 0 Å². The van der Waals surface area contributed by atoms with Crippen molar-refractivity contribution in [2.24, 2.45) is 0 Å². The number of hydrogen-bond donors (Lipinski definition) is 0. The summed E-state index contributed by atoms with van der Waals surface area (Å²) < 4.78 is 10.2. The van der Waals surface area contributed by atoms with E-state index in [1.165, 1.54) is 0 Å². The summed E-state index contributed by atoms with van der Waals surface area (Å²) in [6.07, 6.45) is 0.707. The Morgan fingerprint density at radius 3 is 2.93 bits per heavy atom. The molecule has 1 heterocycles. The first-order valence-electron chi connectivity index (χ1n) is 4.47. The maximum atomic E-state index is 10.4. The van der Waals surface area contributed by atoms with Gasteiger partial charge in [-0.05, 0) is 19.2 Å². The lowest BCUT2D eigenvalue weighted by Gasteiger charge is -2.13. The number of hydrogen-bond acceptors (Lipinski definition) is 4. The maximum absolute atomic E-state index is 10.4. The van der Waals surface area contributed by atoms with Crippen LogP contribution >= 0.6 is 0 Å². The Hall–Kier alpha value is -1.13. The summed E-state index contributed by atoms with van der Waals surface area (Å²) >= 11 is 0. The Bertz CT molecular complexity index is 283. The average Bonchev–Trinajstić information content (AvgIpc) is 2.62. The first-order chi connectivity index (χ1) is 6.76. The van der Waals surface area contributed by atoms with E-state index < -0.39 is 0 Å². The number of rotatable bonds is 6. The number of nitrogens with zero attached hydrogens (tertiary/aromatic N) is 1. The molecule has 0 aromatic carbocycles. The molecule has 0 unspecified atom stereocenters. The summed E-state index contributed by atoms with van der Waals surface area (Å²) in [6.45, 7) is 2.22. The predicted molar refractivity (Wildman–Crippen MR) is 52.3 cm³/mol. The van der Waals surface area contributed by atoms with Crippen LogP contribution in [0.1, 0.15) is 16.3 Å². The number of methoxy groups -OCH3 is 1.